The first kappa shape index (κ1) is 8.52. The summed E-state index contributed by atoms with van der Waals surface area (Å²) in [5, 5.41) is 3.62. The summed E-state index contributed by atoms with van der Waals surface area (Å²) in [5.74, 6) is 0. The molecule has 0 radical (unpaired) electrons. The average molecular weight is 188 g/mol. The van der Waals surface area contributed by atoms with E-state index in [4.69, 9.17) is 0 Å². The van der Waals surface area contributed by atoms with Crippen LogP contribution in [0.2, 0.25) is 0 Å². The third-order valence-electron chi connectivity index (χ3n) is 2.05. The average Bonchev–Trinajstić information content (AvgIpc) is 2.48. The third kappa shape index (κ3) is 1.65. The Morgan fingerprint density at radius 1 is 1.38 bits per heavy atom. The van der Waals surface area contributed by atoms with Gasteiger partial charge in [0.05, 0.1) is 0 Å². The van der Waals surface area contributed by atoms with E-state index in [-0.39, 0.29) is 0 Å². The minimum atomic E-state index is 1.00. The zero-order valence-corrected chi connectivity index (χ0v) is 8.53. The Morgan fingerprint density at radius 2 is 2.15 bits per heavy atom. The first-order valence-electron chi connectivity index (χ1n) is 4.37. The molecule has 0 bridgehead atoms. The number of benzene rings is 1. The van der Waals surface area contributed by atoms with Crippen molar-refractivity contribution in [1.82, 2.24) is 0 Å². The van der Waals surface area contributed by atoms with Gasteiger partial charge in [0, 0.05) is 4.70 Å². The molecule has 0 saturated heterocycles. The standard InChI is InChI=1S/C12H12S/c1-9(2)7-10-8-13-12-6-4-3-5-11(10)12/h3-6,8H,1,7H2,2H3. The largest absolute Gasteiger partial charge is 0.144 e. The van der Waals surface area contributed by atoms with Gasteiger partial charge in [-0.25, -0.2) is 0 Å². The van der Waals surface area contributed by atoms with E-state index in [0.717, 1.165) is 6.42 Å². The molecule has 2 aromatic rings. The number of rotatable bonds is 2. The van der Waals surface area contributed by atoms with Gasteiger partial charge in [-0.1, -0.05) is 30.4 Å². The maximum absolute atomic E-state index is 3.94. The van der Waals surface area contributed by atoms with Crippen LogP contribution in [0, 0.1) is 0 Å². The van der Waals surface area contributed by atoms with E-state index in [1.165, 1.54) is 21.2 Å². The molecular formula is C12H12S. The third-order valence-corrected chi connectivity index (χ3v) is 3.07. The summed E-state index contributed by atoms with van der Waals surface area (Å²) in [5.41, 5.74) is 2.64. The Balaban J connectivity index is 2.51. The van der Waals surface area contributed by atoms with Crippen molar-refractivity contribution < 1.29 is 0 Å². The van der Waals surface area contributed by atoms with Crippen LogP contribution in [0.3, 0.4) is 0 Å². The second-order valence-electron chi connectivity index (χ2n) is 3.39. The van der Waals surface area contributed by atoms with Crippen molar-refractivity contribution >= 4 is 21.4 Å². The molecule has 0 spiro atoms. The van der Waals surface area contributed by atoms with Crippen molar-refractivity contribution in [1.29, 1.82) is 0 Å². The SMILES string of the molecule is C=C(C)Cc1csc2ccccc12. The molecule has 0 aliphatic carbocycles. The van der Waals surface area contributed by atoms with Crippen LogP contribution in [0.15, 0.2) is 41.8 Å². The Morgan fingerprint density at radius 3 is 2.92 bits per heavy atom. The lowest BCUT2D eigenvalue weighted by Crippen LogP contribution is -1.81. The molecule has 1 aromatic carbocycles. The number of hydrogen-bond acceptors (Lipinski definition) is 1. The van der Waals surface area contributed by atoms with Gasteiger partial charge in [-0.2, -0.15) is 0 Å². The second kappa shape index (κ2) is 3.35. The van der Waals surface area contributed by atoms with E-state index < -0.39 is 0 Å². The predicted molar refractivity (Wildman–Crippen MR) is 60.3 cm³/mol. The molecule has 0 aliphatic heterocycles. The summed E-state index contributed by atoms with van der Waals surface area (Å²) in [6.07, 6.45) is 1.00. The Bertz CT molecular complexity index is 437. The molecule has 2 rings (SSSR count). The van der Waals surface area contributed by atoms with E-state index in [9.17, 15) is 0 Å². The van der Waals surface area contributed by atoms with Crippen LogP contribution in [0.5, 0.6) is 0 Å². The summed E-state index contributed by atoms with van der Waals surface area (Å²) < 4.78 is 1.37. The summed E-state index contributed by atoms with van der Waals surface area (Å²) in [7, 11) is 0. The highest BCUT2D eigenvalue weighted by atomic mass is 32.1. The lowest BCUT2D eigenvalue weighted by atomic mass is 10.1. The highest BCUT2D eigenvalue weighted by Gasteiger charge is 2.02. The molecule has 0 aliphatic rings. The van der Waals surface area contributed by atoms with Crippen molar-refractivity contribution in [3.8, 4) is 0 Å². The van der Waals surface area contributed by atoms with Gasteiger partial charge in [0.1, 0.15) is 0 Å². The minimum absolute atomic E-state index is 1.00. The fourth-order valence-electron chi connectivity index (χ4n) is 1.49. The van der Waals surface area contributed by atoms with Gasteiger partial charge in [-0.15, -0.1) is 11.3 Å². The lowest BCUT2D eigenvalue weighted by molar-refractivity contribution is 1.18. The van der Waals surface area contributed by atoms with Gasteiger partial charge in [0.15, 0.2) is 0 Å². The molecule has 1 heterocycles. The molecule has 1 heteroatoms. The molecule has 0 N–H and O–H groups in total. The maximum atomic E-state index is 3.94. The molecule has 0 atom stereocenters. The van der Waals surface area contributed by atoms with Crippen molar-refractivity contribution in [3.05, 3.63) is 47.4 Å². The first-order chi connectivity index (χ1) is 6.27. The summed E-state index contributed by atoms with van der Waals surface area (Å²) >= 11 is 1.81. The Kier molecular flexibility index (Phi) is 2.19. The normalized spacial score (nSPS) is 10.5. The summed E-state index contributed by atoms with van der Waals surface area (Å²) in [6.45, 7) is 6.02. The predicted octanol–water partition coefficient (Wildman–Crippen LogP) is 4.02. The first-order valence-corrected chi connectivity index (χ1v) is 5.25. The van der Waals surface area contributed by atoms with Crippen LogP contribution in [-0.2, 0) is 6.42 Å². The summed E-state index contributed by atoms with van der Waals surface area (Å²) in [4.78, 5) is 0. The molecule has 0 fully saturated rings. The summed E-state index contributed by atoms with van der Waals surface area (Å²) in [6, 6.07) is 8.53. The van der Waals surface area contributed by atoms with Gasteiger partial charge in [-0.3, -0.25) is 0 Å². The van der Waals surface area contributed by atoms with Crippen LogP contribution in [0.25, 0.3) is 10.1 Å². The zero-order chi connectivity index (χ0) is 9.26. The van der Waals surface area contributed by atoms with E-state index in [1.54, 1.807) is 0 Å². The van der Waals surface area contributed by atoms with Crippen LogP contribution in [-0.4, -0.2) is 0 Å². The minimum Gasteiger partial charge on any atom is -0.144 e. The van der Waals surface area contributed by atoms with Gasteiger partial charge >= 0.3 is 0 Å². The number of fused-ring (bicyclic) bond motifs is 1. The second-order valence-corrected chi connectivity index (χ2v) is 4.30. The molecule has 0 amide bonds. The van der Waals surface area contributed by atoms with Crippen LogP contribution >= 0.6 is 11.3 Å². The van der Waals surface area contributed by atoms with Crippen molar-refractivity contribution in [2.45, 2.75) is 13.3 Å². The maximum Gasteiger partial charge on any atom is 0.0345 e. The molecule has 66 valence electrons. The van der Waals surface area contributed by atoms with Gasteiger partial charge in [-0.05, 0) is 35.7 Å². The molecule has 1 aromatic heterocycles. The lowest BCUT2D eigenvalue weighted by Gasteiger charge is -1.97. The smallest absolute Gasteiger partial charge is 0.0345 e. The van der Waals surface area contributed by atoms with Crippen LogP contribution < -0.4 is 0 Å². The topological polar surface area (TPSA) is 0 Å². The molecule has 13 heavy (non-hydrogen) atoms. The van der Waals surface area contributed by atoms with E-state index in [1.807, 2.05) is 11.3 Å². The van der Waals surface area contributed by atoms with E-state index >= 15 is 0 Å². The number of thiophene rings is 1. The number of allylic oxidation sites excluding steroid dienone is 1. The van der Waals surface area contributed by atoms with Crippen LogP contribution in [0.4, 0.5) is 0 Å². The fraction of sp³-hybridized carbons (Fsp3) is 0.167. The molecular weight excluding hydrogens is 176 g/mol. The van der Waals surface area contributed by atoms with Crippen molar-refractivity contribution in [2.75, 3.05) is 0 Å². The molecule has 0 saturated carbocycles. The van der Waals surface area contributed by atoms with E-state index in [0.29, 0.717) is 0 Å². The van der Waals surface area contributed by atoms with Gasteiger partial charge in [0.25, 0.3) is 0 Å². The van der Waals surface area contributed by atoms with Crippen LogP contribution in [0.1, 0.15) is 12.5 Å². The Labute approximate surface area is 82.5 Å². The quantitative estimate of drug-likeness (QED) is 0.624. The van der Waals surface area contributed by atoms with Crippen molar-refractivity contribution in [2.24, 2.45) is 0 Å². The number of hydrogen-bond donors (Lipinski definition) is 0. The molecule has 0 nitrogen and oxygen atoms in total. The highest BCUT2D eigenvalue weighted by Crippen LogP contribution is 2.26. The van der Waals surface area contributed by atoms with E-state index in [2.05, 4.69) is 43.1 Å². The molecule has 0 unspecified atom stereocenters. The van der Waals surface area contributed by atoms with Gasteiger partial charge in [0.2, 0.25) is 0 Å². The van der Waals surface area contributed by atoms with Gasteiger partial charge < -0.3 is 0 Å². The monoisotopic (exact) mass is 188 g/mol. The van der Waals surface area contributed by atoms with Crippen molar-refractivity contribution in [3.63, 3.8) is 0 Å². The highest BCUT2D eigenvalue weighted by molar-refractivity contribution is 7.17. The Hall–Kier alpha value is -1.08. The fourth-order valence-corrected chi connectivity index (χ4v) is 2.46. The zero-order valence-electron chi connectivity index (χ0n) is 7.71.